The minimum atomic E-state index is -3.67. The summed E-state index contributed by atoms with van der Waals surface area (Å²) in [5.74, 6) is -5.99. The lowest BCUT2D eigenvalue weighted by molar-refractivity contribution is -0.0716. The smallest absolute Gasteiger partial charge is 0.339 e. The Bertz CT molecular complexity index is 487. The number of carboxylic acids is 1. The maximum absolute atomic E-state index is 13.2. The van der Waals surface area contributed by atoms with Gasteiger partial charge in [0.25, 0.3) is 5.92 Å². The Kier molecular flexibility index (Phi) is 6.14. The number of aromatic hydroxyl groups is 1. The van der Waals surface area contributed by atoms with E-state index in [-0.39, 0.29) is 16.9 Å². The number of hydrogen-bond acceptors (Lipinski definition) is 4. The van der Waals surface area contributed by atoms with Crippen LogP contribution < -0.4 is 5.73 Å². The van der Waals surface area contributed by atoms with Crippen LogP contribution >= 0.6 is 28.3 Å². The number of hydrogen-bond donors (Lipinski definition) is 4. The van der Waals surface area contributed by atoms with Gasteiger partial charge in [-0.25, -0.2) is 13.6 Å². The van der Waals surface area contributed by atoms with Crippen molar-refractivity contribution in [1.82, 2.24) is 0 Å². The van der Waals surface area contributed by atoms with Crippen LogP contribution in [0.3, 0.4) is 0 Å². The Hall–Kier alpha value is -0.960. The topological polar surface area (TPSA) is 104 Å². The number of aliphatic hydroxyl groups excluding tert-OH is 1. The lowest BCUT2D eigenvalue weighted by Crippen LogP contribution is -2.36. The van der Waals surface area contributed by atoms with Crippen molar-refractivity contribution in [2.45, 2.75) is 12.0 Å². The minimum absolute atomic E-state index is 0. The molecule has 0 radical (unpaired) electrons. The van der Waals surface area contributed by atoms with Crippen molar-refractivity contribution in [3.63, 3.8) is 0 Å². The third-order valence-electron chi connectivity index (χ3n) is 2.34. The molecule has 5 N–H and O–H groups in total. The number of halogens is 4. The van der Waals surface area contributed by atoms with Gasteiger partial charge in [-0.15, -0.1) is 12.4 Å². The summed E-state index contributed by atoms with van der Waals surface area (Å²) in [5.41, 5.74) is 4.23. The van der Waals surface area contributed by atoms with Gasteiger partial charge < -0.3 is 21.1 Å². The van der Waals surface area contributed by atoms with Gasteiger partial charge in [-0.1, -0.05) is 15.9 Å². The van der Waals surface area contributed by atoms with Gasteiger partial charge in [0, 0.05) is 10.0 Å². The zero-order valence-electron chi connectivity index (χ0n) is 9.31. The van der Waals surface area contributed by atoms with Crippen LogP contribution in [0.4, 0.5) is 8.78 Å². The standard InChI is InChI=1S/C10H10BrF2NO4.ClH/c11-4-1-5(8(14)10(12,13)3-15)7(16)6(2-4)9(17)18;/h1-2,8,15-16H,3,14H2,(H,17,18);1H/t8-;/m1./s1. The number of carbonyl (C=O) groups is 1. The van der Waals surface area contributed by atoms with Gasteiger partial charge in [0.1, 0.15) is 24.0 Å². The average Bonchev–Trinajstić information content (AvgIpc) is 2.30. The highest BCUT2D eigenvalue weighted by Crippen LogP contribution is 2.37. The number of rotatable bonds is 4. The molecule has 19 heavy (non-hydrogen) atoms. The van der Waals surface area contributed by atoms with E-state index in [0.717, 1.165) is 12.1 Å². The van der Waals surface area contributed by atoms with Gasteiger partial charge in [0.2, 0.25) is 0 Å². The fourth-order valence-corrected chi connectivity index (χ4v) is 1.82. The Labute approximate surface area is 121 Å². The van der Waals surface area contributed by atoms with Crippen LogP contribution in [0.1, 0.15) is 22.0 Å². The van der Waals surface area contributed by atoms with Crippen LogP contribution in [0.15, 0.2) is 16.6 Å². The van der Waals surface area contributed by atoms with Crippen molar-refractivity contribution in [3.8, 4) is 5.75 Å². The van der Waals surface area contributed by atoms with E-state index in [9.17, 15) is 18.7 Å². The number of alkyl halides is 2. The molecule has 0 heterocycles. The second-order valence-corrected chi connectivity index (χ2v) is 4.51. The molecule has 9 heteroatoms. The van der Waals surface area contributed by atoms with Gasteiger partial charge in [0.05, 0.1) is 0 Å². The van der Waals surface area contributed by atoms with E-state index < -0.39 is 41.4 Å². The summed E-state index contributed by atoms with van der Waals surface area (Å²) in [7, 11) is 0. The molecule has 1 aromatic carbocycles. The lowest BCUT2D eigenvalue weighted by atomic mass is 9.98. The van der Waals surface area contributed by atoms with Crippen LogP contribution in [0, 0.1) is 0 Å². The summed E-state index contributed by atoms with van der Waals surface area (Å²) in [6.07, 6.45) is 0. The van der Waals surface area contributed by atoms with E-state index in [4.69, 9.17) is 15.9 Å². The summed E-state index contributed by atoms with van der Waals surface area (Å²) in [6, 6.07) is 0.124. The predicted octanol–water partition coefficient (Wildman–Crippen LogP) is 1.90. The minimum Gasteiger partial charge on any atom is -0.507 e. The molecule has 0 spiro atoms. The number of nitrogens with two attached hydrogens (primary N) is 1. The van der Waals surface area contributed by atoms with Gasteiger partial charge in [0.15, 0.2) is 0 Å². The second-order valence-electron chi connectivity index (χ2n) is 3.59. The molecule has 0 aliphatic carbocycles. The summed E-state index contributed by atoms with van der Waals surface area (Å²) in [6.45, 7) is -1.51. The quantitative estimate of drug-likeness (QED) is 0.655. The van der Waals surface area contributed by atoms with E-state index in [0.29, 0.717) is 0 Å². The molecule has 0 fully saturated rings. The summed E-state index contributed by atoms with van der Waals surface area (Å²) < 4.78 is 26.6. The average molecular weight is 363 g/mol. The van der Waals surface area contributed by atoms with Gasteiger partial charge in [-0.3, -0.25) is 0 Å². The molecule has 108 valence electrons. The molecule has 0 aliphatic heterocycles. The molecule has 1 aromatic rings. The molecule has 1 atom stereocenters. The van der Waals surface area contributed by atoms with E-state index in [1.54, 1.807) is 0 Å². The maximum atomic E-state index is 13.2. The first kappa shape index (κ1) is 18.0. The first-order valence-electron chi connectivity index (χ1n) is 4.70. The van der Waals surface area contributed by atoms with E-state index in [1.807, 2.05) is 0 Å². The van der Waals surface area contributed by atoms with Crippen LogP contribution in [-0.2, 0) is 0 Å². The predicted molar refractivity (Wildman–Crippen MR) is 69.0 cm³/mol. The molecule has 0 bridgehead atoms. The highest BCUT2D eigenvalue weighted by molar-refractivity contribution is 9.10. The molecule has 0 aliphatic rings. The fourth-order valence-electron chi connectivity index (χ4n) is 1.35. The molecule has 0 unspecified atom stereocenters. The van der Waals surface area contributed by atoms with Crippen molar-refractivity contribution in [1.29, 1.82) is 0 Å². The highest BCUT2D eigenvalue weighted by Gasteiger charge is 2.39. The monoisotopic (exact) mass is 361 g/mol. The van der Waals surface area contributed by atoms with Gasteiger partial charge in [-0.05, 0) is 12.1 Å². The van der Waals surface area contributed by atoms with Crippen molar-refractivity contribution >= 4 is 34.3 Å². The van der Waals surface area contributed by atoms with Crippen LogP contribution in [0.2, 0.25) is 0 Å². The summed E-state index contributed by atoms with van der Waals surface area (Å²) in [5, 5.41) is 26.9. The van der Waals surface area contributed by atoms with Crippen LogP contribution in [0.25, 0.3) is 0 Å². The molecular formula is C10H11BrClF2NO4. The summed E-state index contributed by atoms with van der Waals surface area (Å²) in [4.78, 5) is 10.8. The van der Waals surface area contributed by atoms with E-state index in [1.165, 1.54) is 0 Å². The van der Waals surface area contributed by atoms with E-state index >= 15 is 0 Å². The molecule has 0 amide bonds. The number of carboxylic acid groups (broad SMARTS) is 1. The highest BCUT2D eigenvalue weighted by atomic mass is 79.9. The first-order chi connectivity index (χ1) is 8.20. The summed E-state index contributed by atoms with van der Waals surface area (Å²) >= 11 is 2.94. The van der Waals surface area contributed by atoms with Gasteiger partial charge >= 0.3 is 5.97 Å². The lowest BCUT2D eigenvalue weighted by Gasteiger charge is -2.23. The number of phenols is 1. The normalized spacial score (nSPS) is 12.7. The first-order valence-corrected chi connectivity index (χ1v) is 5.50. The Morgan fingerprint density at radius 2 is 2.00 bits per heavy atom. The molecule has 0 saturated heterocycles. The number of aromatic carboxylic acids is 1. The maximum Gasteiger partial charge on any atom is 0.339 e. The zero-order chi connectivity index (χ0) is 14.1. The third-order valence-corrected chi connectivity index (χ3v) is 2.79. The van der Waals surface area contributed by atoms with Crippen LogP contribution in [0.5, 0.6) is 5.75 Å². The molecule has 0 aromatic heterocycles. The Morgan fingerprint density at radius 3 is 2.42 bits per heavy atom. The number of aliphatic hydroxyl groups is 1. The Morgan fingerprint density at radius 1 is 1.47 bits per heavy atom. The zero-order valence-corrected chi connectivity index (χ0v) is 11.7. The molecular weight excluding hydrogens is 351 g/mol. The van der Waals surface area contributed by atoms with Gasteiger partial charge in [-0.2, -0.15) is 0 Å². The Balaban J connectivity index is 0.00000324. The van der Waals surface area contributed by atoms with Crippen molar-refractivity contribution < 1.29 is 28.9 Å². The molecule has 1 rings (SSSR count). The van der Waals surface area contributed by atoms with Crippen LogP contribution in [-0.4, -0.2) is 33.8 Å². The molecule has 5 nitrogen and oxygen atoms in total. The van der Waals surface area contributed by atoms with E-state index in [2.05, 4.69) is 15.9 Å². The second kappa shape index (κ2) is 6.47. The van der Waals surface area contributed by atoms with Crippen molar-refractivity contribution in [2.75, 3.05) is 6.61 Å². The third kappa shape index (κ3) is 3.75. The number of benzene rings is 1. The molecule has 0 saturated carbocycles. The van der Waals surface area contributed by atoms with Crippen molar-refractivity contribution in [3.05, 3.63) is 27.7 Å². The fraction of sp³-hybridized carbons (Fsp3) is 0.300. The van der Waals surface area contributed by atoms with Crippen molar-refractivity contribution in [2.24, 2.45) is 5.73 Å². The largest absolute Gasteiger partial charge is 0.507 e. The SMILES string of the molecule is Cl.N[C@H](c1cc(Br)cc(C(=O)O)c1O)C(F)(F)CO.